The summed E-state index contributed by atoms with van der Waals surface area (Å²) in [6.45, 7) is 1.76. The maximum atomic E-state index is 13.2. The maximum Gasteiger partial charge on any atom is 0.418 e. The molecule has 1 aromatic heterocycles. The highest BCUT2D eigenvalue weighted by atomic mass is 19.4. The van der Waals surface area contributed by atoms with Crippen molar-refractivity contribution in [2.75, 3.05) is 36.1 Å². The average molecular weight is 406 g/mol. The number of aryl methyl sites for hydroxylation is 1. The molecule has 2 heterocycles. The van der Waals surface area contributed by atoms with Crippen molar-refractivity contribution in [3.05, 3.63) is 35.0 Å². The highest BCUT2D eigenvalue weighted by Crippen LogP contribution is 2.36. The van der Waals surface area contributed by atoms with E-state index in [0.717, 1.165) is 62.8 Å². The van der Waals surface area contributed by atoms with Crippen LogP contribution in [0.4, 0.5) is 36.3 Å². The van der Waals surface area contributed by atoms with E-state index >= 15 is 0 Å². The van der Waals surface area contributed by atoms with E-state index in [-0.39, 0.29) is 11.4 Å². The molecule has 1 aromatic carbocycles. The van der Waals surface area contributed by atoms with E-state index in [0.29, 0.717) is 12.0 Å². The second-order valence-corrected chi connectivity index (χ2v) is 7.65. The van der Waals surface area contributed by atoms with Crippen molar-refractivity contribution in [1.82, 2.24) is 15.3 Å². The van der Waals surface area contributed by atoms with Crippen LogP contribution in [0.15, 0.2) is 18.2 Å². The van der Waals surface area contributed by atoms with Crippen molar-refractivity contribution in [3.8, 4) is 0 Å². The normalized spacial score (nSPS) is 19.3. The lowest BCUT2D eigenvalue weighted by Crippen LogP contribution is -2.31. The van der Waals surface area contributed by atoms with Crippen LogP contribution in [0.2, 0.25) is 0 Å². The van der Waals surface area contributed by atoms with Gasteiger partial charge in [-0.3, -0.25) is 0 Å². The van der Waals surface area contributed by atoms with Crippen LogP contribution in [0.1, 0.15) is 36.1 Å². The molecule has 1 aliphatic carbocycles. The fraction of sp³-hybridized carbons (Fsp3) is 0.500. The van der Waals surface area contributed by atoms with Crippen molar-refractivity contribution in [2.45, 2.75) is 44.3 Å². The molecule has 29 heavy (non-hydrogen) atoms. The predicted octanol–water partition coefficient (Wildman–Crippen LogP) is 3.50. The Hall–Kier alpha value is -2.55. The molecule has 1 saturated heterocycles. The van der Waals surface area contributed by atoms with E-state index in [9.17, 15) is 13.2 Å². The number of alkyl halides is 3. The summed E-state index contributed by atoms with van der Waals surface area (Å²) >= 11 is 0. The first-order valence-corrected chi connectivity index (χ1v) is 9.91. The Morgan fingerprint density at radius 2 is 1.97 bits per heavy atom. The molecule has 156 valence electrons. The topological polar surface area (TPSA) is 79.1 Å². The number of aromatic nitrogens is 2. The van der Waals surface area contributed by atoms with Crippen LogP contribution in [0.3, 0.4) is 0 Å². The smallest absolute Gasteiger partial charge is 0.398 e. The van der Waals surface area contributed by atoms with Crippen LogP contribution < -0.4 is 21.3 Å². The minimum atomic E-state index is -4.51. The molecule has 1 aliphatic heterocycles. The number of nitrogen functional groups attached to an aromatic ring is 1. The quantitative estimate of drug-likeness (QED) is 0.675. The second-order valence-electron chi connectivity index (χ2n) is 7.65. The summed E-state index contributed by atoms with van der Waals surface area (Å²) in [7, 11) is 1.95. The van der Waals surface area contributed by atoms with Gasteiger partial charge in [0.05, 0.1) is 11.3 Å². The molecule has 0 radical (unpaired) electrons. The predicted molar refractivity (Wildman–Crippen MR) is 107 cm³/mol. The van der Waals surface area contributed by atoms with Crippen LogP contribution in [0, 0.1) is 0 Å². The van der Waals surface area contributed by atoms with Gasteiger partial charge in [-0.25, -0.2) is 4.98 Å². The SMILES string of the molecule is CN[C@H]1CCN(c2nc(Nc3ccc(N)c(C(F)(F)F)c3)nc3c2CCCC3)C1. The summed E-state index contributed by atoms with van der Waals surface area (Å²) in [5.41, 5.74) is 6.77. The molecule has 0 bridgehead atoms. The van der Waals surface area contributed by atoms with Gasteiger partial charge >= 0.3 is 6.18 Å². The molecule has 2 aromatic rings. The molecular formula is C20H25F3N6. The molecule has 0 spiro atoms. The number of halogens is 3. The Bertz CT molecular complexity index is 899. The first-order valence-electron chi connectivity index (χ1n) is 9.91. The standard InChI is InChI=1S/C20H25F3N6/c1-25-13-8-9-29(11-13)18-14-4-2-3-5-17(14)27-19(28-18)26-12-6-7-16(24)15(10-12)20(21,22)23/h6-7,10,13,25H,2-5,8-9,11,24H2,1H3,(H,26,27,28)/t13-/m0/s1. The number of hydrogen-bond acceptors (Lipinski definition) is 6. The van der Waals surface area contributed by atoms with Gasteiger partial charge in [-0.15, -0.1) is 0 Å². The molecular weight excluding hydrogens is 381 g/mol. The Kier molecular flexibility index (Phi) is 5.24. The number of nitrogens with one attached hydrogen (secondary N) is 2. The van der Waals surface area contributed by atoms with Crippen LogP contribution in [-0.4, -0.2) is 36.1 Å². The van der Waals surface area contributed by atoms with Crippen molar-refractivity contribution in [3.63, 3.8) is 0 Å². The van der Waals surface area contributed by atoms with Gasteiger partial charge in [0.15, 0.2) is 0 Å². The fourth-order valence-corrected chi connectivity index (χ4v) is 4.09. The van der Waals surface area contributed by atoms with Crippen molar-refractivity contribution < 1.29 is 13.2 Å². The van der Waals surface area contributed by atoms with Crippen molar-refractivity contribution in [1.29, 1.82) is 0 Å². The van der Waals surface area contributed by atoms with E-state index in [2.05, 4.69) is 20.5 Å². The summed E-state index contributed by atoms with van der Waals surface area (Å²) in [5, 5.41) is 6.27. The van der Waals surface area contributed by atoms with Gasteiger partial charge in [0.2, 0.25) is 5.95 Å². The van der Waals surface area contributed by atoms with Crippen molar-refractivity contribution in [2.24, 2.45) is 0 Å². The van der Waals surface area contributed by atoms with E-state index < -0.39 is 11.7 Å². The summed E-state index contributed by atoms with van der Waals surface area (Å²) < 4.78 is 39.5. The molecule has 2 aliphatic rings. The van der Waals surface area contributed by atoms with Gasteiger partial charge in [-0.1, -0.05) is 0 Å². The van der Waals surface area contributed by atoms with Crippen LogP contribution in [0.25, 0.3) is 0 Å². The van der Waals surface area contributed by atoms with Crippen LogP contribution >= 0.6 is 0 Å². The first kappa shape index (κ1) is 19.8. The zero-order chi connectivity index (χ0) is 20.6. The zero-order valence-corrected chi connectivity index (χ0v) is 16.3. The third-order valence-electron chi connectivity index (χ3n) is 5.67. The number of hydrogen-bond donors (Lipinski definition) is 3. The Labute approximate surface area is 167 Å². The molecule has 4 N–H and O–H groups in total. The highest BCUT2D eigenvalue weighted by Gasteiger charge is 2.33. The lowest BCUT2D eigenvalue weighted by Gasteiger charge is -2.25. The van der Waals surface area contributed by atoms with Gasteiger partial charge in [0.1, 0.15) is 5.82 Å². The summed E-state index contributed by atoms with van der Waals surface area (Å²) in [5.74, 6) is 1.23. The number of anilines is 4. The molecule has 1 fully saturated rings. The van der Waals surface area contributed by atoms with E-state index in [1.165, 1.54) is 17.7 Å². The van der Waals surface area contributed by atoms with E-state index in [1.807, 2.05) is 7.05 Å². The van der Waals surface area contributed by atoms with Crippen LogP contribution in [-0.2, 0) is 19.0 Å². The fourth-order valence-electron chi connectivity index (χ4n) is 4.09. The molecule has 0 saturated carbocycles. The minimum Gasteiger partial charge on any atom is -0.398 e. The third-order valence-corrected chi connectivity index (χ3v) is 5.67. The summed E-state index contributed by atoms with van der Waals surface area (Å²) in [4.78, 5) is 11.6. The van der Waals surface area contributed by atoms with Crippen molar-refractivity contribution >= 4 is 23.1 Å². The number of likely N-dealkylation sites (N-methyl/N-ethyl adjacent to an activating group) is 1. The first-order chi connectivity index (χ1) is 13.8. The number of rotatable bonds is 4. The molecule has 9 heteroatoms. The molecule has 0 amide bonds. The second kappa shape index (κ2) is 7.70. The molecule has 6 nitrogen and oxygen atoms in total. The Morgan fingerprint density at radius 1 is 1.17 bits per heavy atom. The van der Waals surface area contributed by atoms with E-state index in [1.54, 1.807) is 0 Å². The Balaban J connectivity index is 1.67. The summed E-state index contributed by atoms with van der Waals surface area (Å²) in [6, 6.07) is 4.18. The number of nitrogens with zero attached hydrogens (tertiary/aromatic N) is 3. The lowest BCUT2D eigenvalue weighted by atomic mass is 9.96. The van der Waals surface area contributed by atoms with E-state index in [4.69, 9.17) is 10.7 Å². The number of nitrogens with two attached hydrogens (primary N) is 1. The zero-order valence-electron chi connectivity index (χ0n) is 16.3. The average Bonchev–Trinajstić information content (AvgIpc) is 3.17. The molecule has 1 atom stereocenters. The monoisotopic (exact) mass is 406 g/mol. The third kappa shape index (κ3) is 4.10. The molecule has 0 unspecified atom stereocenters. The van der Waals surface area contributed by atoms with Gasteiger partial charge in [0.25, 0.3) is 0 Å². The number of benzene rings is 1. The lowest BCUT2D eigenvalue weighted by molar-refractivity contribution is -0.136. The van der Waals surface area contributed by atoms with Gasteiger partial charge < -0.3 is 21.3 Å². The highest BCUT2D eigenvalue weighted by molar-refractivity contribution is 5.64. The van der Waals surface area contributed by atoms with Gasteiger partial charge in [-0.05, 0) is 57.4 Å². The largest absolute Gasteiger partial charge is 0.418 e. The minimum absolute atomic E-state index is 0.266. The molecule has 4 rings (SSSR count). The number of fused-ring (bicyclic) bond motifs is 1. The summed E-state index contributed by atoms with van der Waals surface area (Å²) in [6.07, 6.45) is 0.477. The Morgan fingerprint density at radius 3 is 2.69 bits per heavy atom. The van der Waals surface area contributed by atoms with Crippen LogP contribution in [0.5, 0.6) is 0 Å². The van der Waals surface area contributed by atoms with Gasteiger partial charge in [-0.2, -0.15) is 18.2 Å². The van der Waals surface area contributed by atoms with Gasteiger partial charge in [0, 0.05) is 36.1 Å². The maximum absolute atomic E-state index is 13.2.